The number of aromatic nitrogens is 1. The van der Waals surface area contributed by atoms with E-state index in [1.807, 2.05) is 6.07 Å². The normalized spacial score (nSPS) is 25.2. The number of aromatic amines is 1. The molecule has 0 fully saturated rings. The van der Waals surface area contributed by atoms with E-state index in [0.29, 0.717) is 17.9 Å². The van der Waals surface area contributed by atoms with Crippen molar-refractivity contribution in [2.75, 3.05) is 5.32 Å². The third-order valence-corrected chi connectivity index (χ3v) is 5.52. The maximum Gasteiger partial charge on any atom is 0.0574 e. The number of anilines is 1. The molecule has 0 saturated carbocycles. The zero-order valence-corrected chi connectivity index (χ0v) is 13.3. The molecule has 114 valence electrons. The first kappa shape index (κ1) is 13.3. The Balaban J connectivity index is 1.66. The lowest BCUT2D eigenvalue weighted by atomic mass is 9.77. The molecule has 0 amide bonds. The van der Waals surface area contributed by atoms with E-state index in [1.54, 1.807) is 0 Å². The number of hydrogen-bond acceptors (Lipinski definition) is 1. The molecule has 2 heterocycles. The van der Waals surface area contributed by atoms with Gasteiger partial charge in [-0.1, -0.05) is 42.0 Å². The molecule has 0 spiro atoms. The second-order valence-electron chi connectivity index (χ2n) is 6.50. The first-order valence-corrected chi connectivity index (χ1v) is 8.48. The van der Waals surface area contributed by atoms with E-state index in [9.17, 15) is 0 Å². The van der Waals surface area contributed by atoms with Gasteiger partial charge in [0.05, 0.1) is 6.04 Å². The quantitative estimate of drug-likeness (QED) is 0.557. The number of para-hydroxylation sites is 1. The molecule has 3 aromatic rings. The SMILES string of the molecule is Clc1ccc2c(c1)C1C=CCC1C(c1c[nH]c3ccccc13)N2. The van der Waals surface area contributed by atoms with Gasteiger partial charge >= 0.3 is 0 Å². The van der Waals surface area contributed by atoms with E-state index in [-0.39, 0.29) is 0 Å². The molecule has 1 aliphatic heterocycles. The predicted octanol–water partition coefficient (Wildman–Crippen LogP) is 5.65. The second kappa shape index (κ2) is 4.90. The lowest BCUT2D eigenvalue weighted by Crippen LogP contribution is -2.28. The first-order chi connectivity index (χ1) is 11.3. The number of allylic oxidation sites excluding steroid dienone is 2. The van der Waals surface area contributed by atoms with Crippen molar-refractivity contribution in [3.63, 3.8) is 0 Å². The summed E-state index contributed by atoms with van der Waals surface area (Å²) < 4.78 is 0. The summed E-state index contributed by atoms with van der Waals surface area (Å²) in [5.41, 5.74) is 5.10. The van der Waals surface area contributed by atoms with Crippen LogP contribution in [0.5, 0.6) is 0 Å². The maximum absolute atomic E-state index is 6.22. The molecule has 3 atom stereocenters. The number of fused-ring (bicyclic) bond motifs is 4. The second-order valence-corrected chi connectivity index (χ2v) is 6.93. The predicted molar refractivity (Wildman–Crippen MR) is 96.1 cm³/mol. The zero-order valence-electron chi connectivity index (χ0n) is 12.6. The van der Waals surface area contributed by atoms with Crippen LogP contribution in [-0.4, -0.2) is 4.98 Å². The van der Waals surface area contributed by atoms with E-state index < -0.39 is 0 Å². The summed E-state index contributed by atoms with van der Waals surface area (Å²) in [4.78, 5) is 3.42. The van der Waals surface area contributed by atoms with E-state index in [0.717, 1.165) is 11.4 Å². The number of nitrogens with one attached hydrogen (secondary N) is 2. The van der Waals surface area contributed by atoms with Gasteiger partial charge in [0.25, 0.3) is 0 Å². The molecule has 3 heteroatoms. The van der Waals surface area contributed by atoms with Crippen LogP contribution in [0.15, 0.2) is 60.8 Å². The lowest BCUT2D eigenvalue weighted by Gasteiger charge is -2.37. The molecule has 1 aliphatic carbocycles. The van der Waals surface area contributed by atoms with Crippen molar-refractivity contribution in [1.29, 1.82) is 0 Å². The van der Waals surface area contributed by atoms with Gasteiger partial charge in [-0.15, -0.1) is 0 Å². The number of halogens is 1. The van der Waals surface area contributed by atoms with Crippen molar-refractivity contribution in [3.05, 3.63) is 77.0 Å². The van der Waals surface area contributed by atoms with Gasteiger partial charge in [-0.2, -0.15) is 0 Å². The highest BCUT2D eigenvalue weighted by Gasteiger charge is 2.38. The Morgan fingerprint density at radius 1 is 1.04 bits per heavy atom. The van der Waals surface area contributed by atoms with Crippen molar-refractivity contribution in [3.8, 4) is 0 Å². The molecule has 23 heavy (non-hydrogen) atoms. The molecule has 5 rings (SSSR count). The van der Waals surface area contributed by atoms with Gasteiger partial charge in [0.15, 0.2) is 0 Å². The molecule has 0 radical (unpaired) electrons. The average molecular weight is 321 g/mol. The van der Waals surface area contributed by atoms with Crippen LogP contribution in [-0.2, 0) is 0 Å². The summed E-state index contributed by atoms with van der Waals surface area (Å²) in [6.07, 6.45) is 7.93. The highest BCUT2D eigenvalue weighted by Crippen LogP contribution is 2.51. The Labute approximate surface area is 140 Å². The van der Waals surface area contributed by atoms with E-state index >= 15 is 0 Å². The molecule has 2 aromatic carbocycles. The van der Waals surface area contributed by atoms with E-state index in [1.165, 1.54) is 27.7 Å². The van der Waals surface area contributed by atoms with E-state index in [2.05, 4.69) is 65.0 Å². The minimum Gasteiger partial charge on any atom is -0.378 e. The topological polar surface area (TPSA) is 27.8 Å². The van der Waals surface area contributed by atoms with Crippen LogP contribution >= 0.6 is 11.6 Å². The number of rotatable bonds is 1. The third-order valence-electron chi connectivity index (χ3n) is 5.28. The Bertz CT molecular complexity index is 924. The van der Waals surface area contributed by atoms with Crippen LogP contribution in [0.1, 0.15) is 29.5 Å². The van der Waals surface area contributed by atoms with Gasteiger partial charge in [-0.05, 0) is 47.7 Å². The fourth-order valence-electron chi connectivity index (χ4n) is 4.22. The summed E-state index contributed by atoms with van der Waals surface area (Å²) in [5, 5.41) is 5.90. The lowest BCUT2D eigenvalue weighted by molar-refractivity contribution is 0.427. The first-order valence-electron chi connectivity index (χ1n) is 8.10. The van der Waals surface area contributed by atoms with Crippen LogP contribution in [0.25, 0.3) is 10.9 Å². The van der Waals surface area contributed by atoms with Gasteiger partial charge in [0.1, 0.15) is 0 Å². The molecular formula is C20H17ClN2. The highest BCUT2D eigenvalue weighted by molar-refractivity contribution is 6.30. The fraction of sp³-hybridized carbons (Fsp3) is 0.200. The van der Waals surface area contributed by atoms with Crippen LogP contribution in [0.3, 0.4) is 0 Å². The minimum absolute atomic E-state index is 0.319. The minimum atomic E-state index is 0.319. The standard InChI is InChI=1S/C20H17ClN2/c21-12-8-9-19-16(10-12)13-5-3-6-15(13)20(23-19)17-11-22-18-7-2-1-4-14(17)18/h1-5,7-11,13,15,20,22-23H,6H2. The van der Waals surface area contributed by atoms with Crippen LogP contribution in [0, 0.1) is 5.92 Å². The Morgan fingerprint density at radius 2 is 1.96 bits per heavy atom. The third kappa shape index (κ3) is 1.95. The molecule has 2 N–H and O–H groups in total. The summed E-state index contributed by atoms with van der Waals surface area (Å²) >= 11 is 6.22. The van der Waals surface area contributed by atoms with E-state index in [4.69, 9.17) is 11.6 Å². The highest BCUT2D eigenvalue weighted by atomic mass is 35.5. The summed E-state index contributed by atoms with van der Waals surface area (Å²) in [6.45, 7) is 0. The maximum atomic E-state index is 6.22. The molecule has 0 bridgehead atoms. The monoisotopic (exact) mass is 320 g/mol. The number of hydrogen-bond donors (Lipinski definition) is 2. The molecule has 2 aliphatic rings. The van der Waals surface area contributed by atoms with Gasteiger partial charge in [0.2, 0.25) is 0 Å². The average Bonchev–Trinajstić information content (AvgIpc) is 3.21. The largest absolute Gasteiger partial charge is 0.378 e. The van der Waals surface area contributed by atoms with Gasteiger partial charge in [0, 0.05) is 33.7 Å². The van der Waals surface area contributed by atoms with Crippen molar-refractivity contribution in [2.45, 2.75) is 18.4 Å². The Morgan fingerprint density at radius 3 is 2.91 bits per heavy atom. The molecule has 0 saturated heterocycles. The van der Waals surface area contributed by atoms with Gasteiger partial charge < -0.3 is 10.3 Å². The Hall–Kier alpha value is -2.19. The fourth-order valence-corrected chi connectivity index (χ4v) is 4.40. The van der Waals surface area contributed by atoms with Gasteiger partial charge in [-0.3, -0.25) is 0 Å². The summed E-state index contributed by atoms with van der Waals surface area (Å²) in [6, 6.07) is 15.1. The van der Waals surface area contributed by atoms with Crippen LogP contribution in [0.4, 0.5) is 5.69 Å². The number of H-pyrrole nitrogens is 1. The van der Waals surface area contributed by atoms with Gasteiger partial charge in [-0.25, -0.2) is 0 Å². The van der Waals surface area contributed by atoms with Crippen molar-refractivity contribution in [2.24, 2.45) is 5.92 Å². The molecular weight excluding hydrogens is 304 g/mol. The molecule has 2 nitrogen and oxygen atoms in total. The number of benzene rings is 2. The Kier molecular flexibility index (Phi) is 2.83. The molecule has 3 unspecified atom stereocenters. The molecule has 1 aromatic heterocycles. The van der Waals surface area contributed by atoms with Crippen LogP contribution in [0.2, 0.25) is 5.02 Å². The zero-order chi connectivity index (χ0) is 15.4. The van der Waals surface area contributed by atoms with Crippen molar-refractivity contribution < 1.29 is 0 Å². The van der Waals surface area contributed by atoms with Crippen LogP contribution < -0.4 is 5.32 Å². The van der Waals surface area contributed by atoms with Crippen molar-refractivity contribution >= 4 is 28.2 Å². The summed E-state index contributed by atoms with van der Waals surface area (Å²) in [7, 11) is 0. The van der Waals surface area contributed by atoms with Crippen molar-refractivity contribution in [1.82, 2.24) is 4.98 Å². The summed E-state index contributed by atoms with van der Waals surface area (Å²) in [5.74, 6) is 0.990. The smallest absolute Gasteiger partial charge is 0.0574 e.